The second-order valence-corrected chi connectivity index (χ2v) is 5.66. The lowest BCUT2D eigenvalue weighted by molar-refractivity contribution is 0.0906. The van der Waals surface area contributed by atoms with Gasteiger partial charge in [-0.3, -0.25) is 4.79 Å². The first kappa shape index (κ1) is 13.2. The molecule has 1 atom stereocenters. The summed E-state index contributed by atoms with van der Waals surface area (Å²) in [6.45, 7) is 4.39. The number of carbonyl (C=O) groups excluding carboxylic acids is 1. The topological polar surface area (TPSA) is 68.3 Å². The number of hydrogen-bond acceptors (Lipinski definition) is 3. The number of benzene rings is 1. The van der Waals surface area contributed by atoms with Crippen molar-refractivity contribution < 1.29 is 9.21 Å². The fourth-order valence-corrected chi connectivity index (χ4v) is 2.70. The molecule has 1 aliphatic carbocycles. The predicted molar refractivity (Wildman–Crippen MR) is 78.7 cm³/mol. The maximum Gasteiger partial charge on any atom is 0.287 e. The van der Waals surface area contributed by atoms with Gasteiger partial charge >= 0.3 is 0 Å². The van der Waals surface area contributed by atoms with Crippen LogP contribution in [0.15, 0.2) is 22.6 Å². The molecule has 106 valence electrons. The van der Waals surface area contributed by atoms with Crippen LogP contribution in [0.5, 0.6) is 0 Å². The standard InChI is InChI=1S/C16H20N2O2/c1-9-4-3-5-12-10(2)15(20-14(9)12)16(19)18-13(8-17)11-6-7-11/h3-5,11,13H,6-8,17H2,1-2H3,(H,18,19). The van der Waals surface area contributed by atoms with Gasteiger partial charge in [0.25, 0.3) is 5.91 Å². The van der Waals surface area contributed by atoms with Gasteiger partial charge in [-0.05, 0) is 38.2 Å². The summed E-state index contributed by atoms with van der Waals surface area (Å²) in [5, 5.41) is 4.01. The van der Waals surface area contributed by atoms with Gasteiger partial charge in [-0.2, -0.15) is 0 Å². The molecule has 0 spiro atoms. The van der Waals surface area contributed by atoms with Gasteiger partial charge in [0, 0.05) is 23.5 Å². The summed E-state index contributed by atoms with van der Waals surface area (Å²) in [7, 11) is 0. The molecule has 1 unspecified atom stereocenters. The average molecular weight is 272 g/mol. The number of amides is 1. The second-order valence-electron chi connectivity index (χ2n) is 5.66. The van der Waals surface area contributed by atoms with Crippen molar-refractivity contribution in [1.29, 1.82) is 0 Å². The van der Waals surface area contributed by atoms with E-state index in [1.54, 1.807) is 0 Å². The number of aryl methyl sites for hydroxylation is 2. The first-order valence-electron chi connectivity index (χ1n) is 7.11. The monoisotopic (exact) mass is 272 g/mol. The summed E-state index contributed by atoms with van der Waals surface area (Å²) < 4.78 is 5.78. The van der Waals surface area contributed by atoms with Gasteiger partial charge in [0.15, 0.2) is 5.76 Å². The van der Waals surface area contributed by atoms with Crippen LogP contribution in [-0.2, 0) is 0 Å². The van der Waals surface area contributed by atoms with E-state index >= 15 is 0 Å². The van der Waals surface area contributed by atoms with Crippen LogP contribution in [0.25, 0.3) is 11.0 Å². The molecule has 0 bridgehead atoms. The normalized spacial score (nSPS) is 16.4. The number of furan rings is 1. The van der Waals surface area contributed by atoms with E-state index < -0.39 is 0 Å². The van der Waals surface area contributed by atoms with E-state index in [4.69, 9.17) is 10.2 Å². The Morgan fingerprint density at radius 2 is 2.20 bits per heavy atom. The van der Waals surface area contributed by atoms with Crippen molar-refractivity contribution in [3.8, 4) is 0 Å². The number of para-hydroxylation sites is 1. The maximum atomic E-state index is 12.4. The molecule has 0 saturated heterocycles. The molecule has 1 saturated carbocycles. The van der Waals surface area contributed by atoms with Crippen molar-refractivity contribution >= 4 is 16.9 Å². The molecule has 0 aliphatic heterocycles. The first-order valence-corrected chi connectivity index (χ1v) is 7.11. The smallest absolute Gasteiger partial charge is 0.287 e. The number of rotatable bonds is 4. The van der Waals surface area contributed by atoms with Crippen molar-refractivity contribution in [1.82, 2.24) is 5.32 Å². The molecule has 1 aromatic carbocycles. The van der Waals surface area contributed by atoms with Gasteiger partial charge in [0.1, 0.15) is 5.58 Å². The molecule has 0 radical (unpaired) electrons. The van der Waals surface area contributed by atoms with Crippen LogP contribution < -0.4 is 11.1 Å². The highest BCUT2D eigenvalue weighted by Crippen LogP contribution is 2.33. The molecule has 1 heterocycles. The first-order chi connectivity index (χ1) is 9.61. The SMILES string of the molecule is Cc1c(C(=O)NC(CN)C2CC2)oc2c(C)cccc12. The summed E-state index contributed by atoms with van der Waals surface area (Å²) in [5.74, 6) is 0.796. The van der Waals surface area contributed by atoms with Gasteiger partial charge in [-0.1, -0.05) is 18.2 Å². The zero-order chi connectivity index (χ0) is 14.3. The van der Waals surface area contributed by atoms with E-state index in [9.17, 15) is 4.79 Å². The number of nitrogens with two attached hydrogens (primary N) is 1. The highest BCUT2D eigenvalue weighted by Gasteiger charge is 2.32. The Labute approximate surface area is 118 Å². The summed E-state index contributed by atoms with van der Waals surface area (Å²) in [6.07, 6.45) is 2.31. The largest absolute Gasteiger partial charge is 0.450 e. The third-order valence-corrected chi connectivity index (χ3v) is 4.13. The van der Waals surface area contributed by atoms with Crippen LogP contribution in [-0.4, -0.2) is 18.5 Å². The number of nitrogens with one attached hydrogen (secondary N) is 1. The molecule has 1 aliphatic rings. The fourth-order valence-electron chi connectivity index (χ4n) is 2.70. The minimum absolute atomic E-state index is 0.0659. The van der Waals surface area contributed by atoms with E-state index in [1.165, 1.54) is 0 Å². The Morgan fingerprint density at radius 1 is 1.45 bits per heavy atom. The summed E-state index contributed by atoms with van der Waals surface area (Å²) in [4.78, 5) is 12.4. The molecular formula is C16H20N2O2. The maximum absolute atomic E-state index is 12.4. The molecule has 3 N–H and O–H groups in total. The molecule has 3 rings (SSSR count). The van der Waals surface area contributed by atoms with E-state index in [-0.39, 0.29) is 11.9 Å². The van der Waals surface area contributed by atoms with Crippen molar-refractivity contribution in [2.45, 2.75) is 32.7 Å². The lowest BCUT2D eigenvalue weighted by Gasteiger charge is -2.15. The molecule has 2 aromatic rings. The van der Waals surface area contributed by atoms with E-state index in [2.05, 4.69) is 5.32 Å². The van der Waals surface area contributed by atoms with Gasteiger partial charge in [0.05, 0.1) is 0 Å². The molecule has 1 fully saturated rings. The summed E-state index contributed by atoms with van der Waals surface area (Å²) in [6, 6.07) is 6.02. The second kappa shape index (κ2) is 4.94. The fraction of sp³-hybridized carbons (Fsp3) is 0.438. The lowest BCUT2D eigenvalue weighted by Crippen LogP contribution is -2.41. The molecule has 1 aromatic heterocycles. The van der Waals surface area contributed by atoms with Crippen LogP contribution in [0.2, 0.25) is 0 Å². The quantitative estimate of drug-likeness (QED) is 0.898. The Bertz CT molecular complexity index is 656. The van der Waals surface area contributed by atoms with E-state index in [1.807, 2.05) is 32.0 Å². The Balaban J connectivity index is 1.91. The third kappa shape index (κ3) is 2.20. The Morgan fingerprint density at radius 3 is 2.80 bits per heavy atom. The minimum atomic E-state index is -0.152. The third-order valence-electron chi connectivity index (χ3n) is 4.13. The van der Waals surface area contributed by atoms with Gasteiger partial charge in [-0.15, -0.1) is 0 Å². The summed E-state index contributed by atoms with van der Waals surface area (Å²) >= 11 is 0. The van der Waals surface area contributed by atoms with Crippen LogP contribution in [0.3, 0.4) is 0 Å². The highest BCUT2D eigenvalue weighted by molar-refractivity contribution is 5.99. The molecule has 4 heteroatoms. The lowest BCUT2D eigenvalue weighted by atomic mass is 10.1. The van der Waals surface area contributed by atoms with Crippen molar-refractivity contribution in [3.63, 3.8) is 0 Å². The zero-order valence-electron chi connectivity index (χ0n) is 11.9. The highest BCUT2D eigenvalue weighted by atomic mass is 16.3. The summed E-state index contributed by atoms with van der Waals surface area (Å²) in [5.41, 5.74) is 8.47. The van der Waals surface area contributed by atoms with E-state index in [0.717, 1.165) is 34.9 Å². The van der Waals surface area contributed by atoms with Crippen LogP contribution in [0.4, 0.5) is 0 Å². The van der Waals surface area contributed by atoms with Gasteiger partial charge in [0.2, 0.25) is 0 Å². The minimum Gasteiger partial charge on any atom is -0.450 e. The predicted octanol–water partition coefficient (Wildman–Crippen LogP) is 2.52. The van der Waals surface area contributed by atoms with E-state index in [0.29, 0.717) is 18.2 Å². The van der Waals surface area contributed by atoms with Crippen LogP contribution >= 0.6 is 0 Å². The molecule has 20 heavy (non-hydrogen) atoms. The average Bonchev–Trinajstić information content (AvgIpc) is 3.21. The molecular weight excluding hydrogens is 252 g/mol. The van der Waals surface area contributed by atoms with Gasteiger partial charge < -0.3 is 15.5 Å². The van der Waals surface area contributed by atoms with Crippen molar-refractivity contribution in [3.05, 3.63) is 35.1 Å². The van der Waals surface area contributed by atoms with Crippen LogP contribution in [0.1, 0.15) is 34.5 Å². The van der Waals surface area contributed by atoms with Gasteiger partial charge in [-0.25, -0.2) is 0 Å². The Hall–Kier alpha value is -1.81. The zero-order valence-corrected chi connectivity index (χ0v) is 11.9. The van der Waals surface area contributed by atoms with Crippen LogP contribution in [0, 0.1) is 19.8 Å². The van der Waals surface area contributed by atoms with Crippen molar-refractivity contribution in [2.75, 3.05) is 6.54 Å². The number of fused-ring (bicyclic) bond motifs is 1. The Kier molecular flexibility index (Phi) is 3.26. The van der Waals surface area contributed by atoms with Crippen molar-refractivity contribution in [2.24, 2.45) is 11.7 Å². The number of hydrogen-bond donors (Lipinski definition) is 2. The molecule has 4 nitrogen and oxygen atoms in total. The number of carbonyl (C=O) groups is 1. The molecule has 1 amide bonds.